The zero-order chi connectivity index (χ0) is 17.4. The van der Waals surface area contributed by atoms with Crippen LogP contribution in [0.2, 0.25) is 5.02 Å². The zero-order valence-corrected chi connectivity index (χ0v) is 14.6. The summed E-state index contributed by atoms with van der Waals surface area (Å²) >= 11 is 6.05. The van der Waals surface area contributed by atoms with Gasteiger partial charge < -0.3 is 14.4 Å². The quantitative estimate of drug-likeness (QED) is 0.686. The summed E-state index contributed by atoms with van der Waals surface area (Å²) in [5.74, 6) is 0.387. The number of rotatable bonds is 8. The van der Waals surface area contributed by atoms with Crippen molar-refractivity contribution in [3.8, 4) is 5.75 Å². The molecule has 1 amide bonds. The van der Waals surface area contributed by atoms with Gasteiger partial charge in [-0.2, -0.15) is 0 Å². The average molecular weight is 349 g/mol. The Morgan fingerprint density at radius 2 is 1.96 bits per heavy atom. The lowest BCUT2D eigenvalue weighted by Crippen LogP contribution is -2.32. The Hall–Kier alpha value is -2.11. The molecule has 0 fully saturated rings. The first-order chi connectivity index (χ1) is 11.7. The van der Waals surface area contributed by atoms with Crippen LogP contribution < -0.4 is 4.74 Å². The fourth-order valence-electron chi connectivity index (χ4n) is 2.38. The molecule has 0 spiro atoms. The predicted octanol–water partition coefficient (Wildman–Crippen LogP) is 3.42. The van der Waals surface area contributed by atoms with Crippen LogP contribution in [0.25, 0.3) is 0 Å². The van der Waals surface area contributed by atoms with E-state index in [1.54, 1.807) is 42.6 Å². The van der Waals surface area contributed by atoms with Crippen LogP contribution in [0.4, 0.5) is 0 Å². The maximum atomic E-state index is 13.0. The van der Waals surface area contributed by atoms with Crippen LogP contribution in [0.15, 0.2) is 42.7 Å². The van der Waals surface area contributed by atoms with Gasteiger partial charge in [-0.3, -0.25) is 9.78 Å². The highest BCUT2D eigenvalue weighted by molar-refractivity contribution is 6.31. The third-order valence-corrected chi connectivity index (χ3v) is 3.81. The van der Waals surface area contributed by atoms with Crippen molar-refractivity contribution in [2.45, 2.75) is 13.0 Å². The normalized spacial score (nSPS) is 10.5. The van der Waals surface area contributed by atoms with Crippen molar-refractivity contribution in [2.75, 3.05) is 27.4 Å². The molecule has 6 heteroatoms. The van der Waals surface area contributed by atoms with Crippen LogP contribution in [0.3, 0.4) is 0 Å². The van der Waals surface area contributed by atoms with Gasteiger partial charge in [-0.25, -0.2) is 0 Å². The van der Waals surface area contributed by atoms with Gasteiger partial charge in [-0.1, -0.05) is 11.6 Å². The van der Waals surface area contributed by atoms with E-state index in [0.717, 1.165) is 12.0 Å². The molecule has 24 heavy (non-hydrogen) atoms. The number of methoxy groups -OCH3 is 2. The van der Waals surface area contributed by atoms with Crippen LogP contribution >= 0.6 is 11.6 Å². The first-order valence-electron chi connectivity index (χ1n) is 7.66. The lowest BCUT2D eigenvalue weighted by atomic mass is 10.1. The molecule has 128 valence electrons. The van der Waals surface area contributed by atoms with E-state index >= 15 is 0 Å². The van der Waals surface area contributed by atoms with E-state index in [4.69, 9.17) is 21.1 Å². The molecule has 0 N–H and O–H groups in total. The SMILES string of the molecule is COCCCN(Cc1ccncc1)C(=O)c1cc(Cl)ccc1OC. The van der Waals surface area contributed by atoms with Gasteiger partial charge in [0, 0.05) is 44.2 Å². The smallest absolute Gasteiger partial charge is 0.257 e. The second-order valence-corrected chi connectivity index (χ2v) is 5.71. The number of carbonyl (C=O) groups excluding carboxylic acids is 1. The molecule has 0 aliphatic carbocycles. The largest absolute Gasteiger partial charge is 0.496 e. The van der Waals surface area contributed by atoms with Crippen LogP contribution in [0, 0.1) is 0 Å². The molecule has 2 aromatic rings. The molecule has 0 atom stereocenters. The third-order valence-electron chi connectivity index (χ3n) is 3.58. The number of ether oxygens (including phenoxy) is 2. The molecule has 2 rings (SSSR count). The van der Waals surface area contributed by atoms with Gasteiger partial charge in [0.1, 0.15) is 5.75 Å². The molecule has 1 heterocycles. The van der Waals surface area contributed by atoms with Crippen molar-refractivity contribution in [3.05, 3.63) is 58.9 Å². The molecule has 0 unspecified atom stereocenters. The van der Waals surface area contributed by atoms with Crippen molar-refractivity contribution in [3.63, 3.8) is 0 Å². The molecule has 1 aromatic heterocycles. The molecular formula is C18H21ClN2O3. The lowest BCUT2D eigenvalue weighted by Gasteiger charge is -2.24. The monoisotopic (exact) mass is 348 g/mol. The number of pyridine rings is 1. The summed E-state index contributed by atoms with van der Waals surface area (Å²) < 4.78 is 10.4. The van der Waals surface area contributed by atoms with E-state index < -0.39 is 0 Å². The minimum Gasteiger partial charge on any atom is -0.496 e. The Balaban J connectivity index is 2.24. The first-order valence-corrected chi connectivity index (χ1v) is 8.04. The predicted molar refractivity (Wildman–Crippen MR) is 93.5 cm³/mol. The Labute approximate surface area is 147 Å². The highest BCUT2D eigenvalue weighted by Crippen LogP contribution is 2.24. The number of nitrogens with zero attached hydrogens (tertiary/aromatic N) is 2. The summed E-state index contributed by atoms with van der Waals surface area (Å²) in [4.78, 5) is 18.8. The van der Waals surface area contributed by atoms with E-state index in [-0.39, 0.29) is 5.91 Å². The highest BCUT2D eigenvalue weighted by atomic mass is 35.5. The number of amides is 1. The van der Waals surface area contributed by atoms with Crippen LogP contribution in [0.5, 0.6) is 5.75 Å². The standard InChI is InChI=1S/C18H21ClN2O3/c1-23-11-3-10-21(13-14-6-8-20-9-7-14)18(22)16-12-15(19)4-5-17(16)24-2/h4-9,12H,3,10-11,13H2,1-2H3. The second kappa shape index (κ2) is 9.25. The van der Waals surface area contributed by atoms with Crippen molar-refractivity contribution in [1.82, 2.24) is 9.88 Å². The minimum atomic E-state index is -0.123. The fraction of sp³-hybridized carbons (Fsp3) is 0.333. The molecule has 5 nitrogen and oxygen atoms in total. The maximum absolute atomic E-state index is 13.0. The van der Waals surface area contributed by atoms with E-state index in [1.165, 1.54) is 7.11 Å². The molecule has 0 radical (unpaired) electrons. The van der Waals surface area contributed by atoms with Crippen LogP contribution in [-0.4, -0.2) is 43.2 Å². The first kappa shape index (κ1) is 18.2. The molecule has 0 bridgehead atoms. The van der Waals surface area contributed by atoms with Crippen LogP contribution in [-0.2, 0) is 11.3 Å². The van der Waals surface area contributed by atoms with Gasteiger partial charge in [0.05, 0.1) is 12.7 Å². The Morgan fingerprint density at radius 3 is 2.62 bits per heavy atom. The Bertz CT molecular complexity index is 665. The van der Waals surface area contributed by atoms with Gasteiger partial charge in [0.15, 0.2) is 0 Å². The van der Waals surface area contributed by atoms with Gasteiger partial charge in [0.25, 0.3) is 5.91 Å². The number of aromatic nitrogens is 1. The molecule has 0 aliphatic rings. The van der Waals surface area contributed by atoms with Crippen molar-refractivity contribution in [1.29, 1.82) is 0 Å². The average Bonchev–Trinajstić information content (AvgIpc) is 2.61. The summed E-state index contributed by atoms with van der Waals surface area (Å²) in [6.07, 6.45) is 4.18. The molecule has 0 saturated heterocycles. The summed E-state index contributed by atoms with van der Waals surface area (Å²) in [7, 11) is 3.19. The number of hydrogen-bond acceptors (Lipinski definition) is 4. The van der Waals surface area contributed by atoms with E-state index in [2.05, 4.69) is 4.98 Å². The molecule has 0 saturated carbocycles. The summed E-state index contributed by atoms with van der Waals surface area (Å²) in [6.45, 7) is 1.65. The van der Waals surface area contributed by atoms with Crippen molar-refractivity contribution in [2.24, 2.45) is 0 Å². The van der Waals surface area contributed by atoms with Crippen molar-refractivity contribution >= 4 is 17.5 Å². The van der Waals surface area contributed by atoms with Gasteiger partial charge in [-0.15, -0.1) is 0 Å². The topological polar surface area (TPSA) is 51.7 Å². The number of carbonyl (C=O) groups is 1. The van der Waals surface area contributed by atoms with Gasteiger partial charge in [-0.05, 0) is 42.3 Å². The second-order valence-electron chi connectivity index (χ2n) is 5.27. The minimum absolute atomic E-state index is 0.123. The molecule has 1 aromatic carbocycles. The van der Waals surface area contributed by atoms with Gasteiger partial charge >= 0.3 is 0 Å². The number of halogens is 1. The summed E-state index contributed by atoms with van der Waals surface area (Å²) in [5, 5.41) is 0.500. The zero-order valence-electron chi connectivity index (χ0n) is 13.9. The Morgan fingerprint density at radius 1 is 1.21 bits per heavy atom. The van der Waals surface area contributed by atoms with Crippen molar-refractivity contribution < 1.29 is 14.3 Å². The summed E-state index contributed by atoms with van der Waals surface area (Å²) in [6, 6.07) is 8.83. The van der Waals surface area contributed by atoms with Crippen LogP contribution in [0.1, 0.15) is 22.3 Å². The van der Waals surface area contributed by atoms with E-state index in [9.17, 15) is 4.79 Å². The van der Waals surface area contributed by atoms with Gasteiger partial charge in [0.2, 0.25) is 0 Å². The highest BCUT2D eigenvalue weighted by Gasteiger charge is 2.20. The lowest BCUT2D eigenvalue weighted by molar-refractivity contribution is 0.0720. The van der Waals surface area contributed by atoms with E-state index in [0.29, 0.717) is 36.0 Å². The Kier molecular flexibility index (Phi) is 7.03. The molecule has 0 aliphatic heterocycles. The molecular weight excluding hydrogens is 328 g/mol. The number of hydrogen-bond donors (Lipinski definition) is 0. The summed E-state index contributed by atoms with van der Waals surface area (Å²) in [5.41, 5.74) is 1.47. The van der Waals surface area contributed by atoms with E-state index in [1.807, 2.05) is 12.1 Å². The third kappa shape index (κ3) is 4.94. The maximum Gasteiger partial charge on any atom is 0.257 e. The number of benzene rings is 1. The fourth-order valence-corrected chi connectivity index (χ4v) is 2.55.